The van der Waals surface area contributed by atoms with E-state index in [1.165, 1.54) is 0 Å². The highest BCUT2D eigenvalue weighted by Gasteiger charge is 2.20. The summed E-state index contributed by atoms with van der Waals surface area (Å²) in [6.07, 6.45) is 1.67. The van der Waals surface area contributed by atoms with E-state index < -0.39 is 0 Å². The highest BCUT2D eigenvalue weighted by Crippen LogP contribution is 2.19. The molecule has 0 aromatic carbocycles. The first-order chi connectivity index (χ1) is 11.3. The number of aliphatic hydroxyl groups is 1. The third kappa shape index (κ3) is 4.17. The Labute approximate surface area is 142 Å². The molecule has 1 unspecified atom stereocenters. The molecule has 2 aromatic rings. The molecule has 7 heteroatoms. The van der Waals surface area contributed by atoms with Crippen molar-refractivity contribution < 1.29 is 9.90 Å². The zero-order valence-electron chi connectivity index (χ0n) is 14.9. The summed E-state index contributed by atoms with van der Waals surface area (Å²) in [5.41, 5.74) is 2.91. The summed E-state index contributed by atoms with van der Waals surface area (Å²) in [6.45, 7) is 10.1. The van der Waals surface area contributed by atoms with Gasteiger partial charge in [0.05, 0.1) is 11.3 Å². The van der Waals surface area contributed by atoms with Gasteiger partial charge in [-0.05, 0) is 31.7 Å². The first-order valence-corrected chi connectivity index (χ1v) is 8.13. The quantitative estimate of drug-likeness (QED) is 0.841. The van der Waals surface area contributed by atoms with Crippen molar-refractivity contribution in [2.75, 3.05) is 13.2 Å². The number of aromatic nitrogens is 4. The van der Waals surface area contributed by atoms with E-state index in [2.05, 4.69) is 20.4 Å². The molecule has 0 bridgehead atoms. The smallest absolute Gasteiger partial charge is 0.254 e. The fourth-order valence-corrected chi connectivity index (χ4v) is 2.33. The molecule has 0 saturated carbocycles. The Balaban J connectivity index is 2.34. The Kier molecular flexibility index (Phi) is 5.66. The van der Waals surface area contributed by atoms with Crippen molar-refractivity contribution in [1.82, 2.24) is 25.1 Å². The number of amides is 1. The number of hydrogen-bond donors (Lipinski definition) is 2. The molecule has 24 heavy (non-hydrogen) atoms. The molecule has 7 nitrogen and oxygen atoms in total. The number of rotatable bonds is 6. The van der Waals surface area contributed by atoms with Gasteiger partial charge in [-0.15, -0.1) is 0 Å². The van der Waals surface area contributed by atoms with E-state index in [1.54, 1.807) is 10.9 Å². The van der Waals surface area contributed by atoms with Gasteiger partial charge in [0, 0.05) is 30.7 Å². The standard InChI is InChI=1S/C17H25N5O2/c1-10(2)15-14(16(24)18-7-11(3)9-23)8-22(21-15)17-19-12(4)6-13(5)20-17/h6,8,10-11,23H,7,9H2,1-5H3,(H,18,24). The van der Waals surface area contributed by atoms with Crippen molar-refractivity contribution in [2.45, 2.75) is 40.5 Å². The van der Waals surface area contributed by atoms with Gasteiger partial charge in [0.2, 0.25) is 0 Å². The van der Waals surface area contributed by atoms with Crippen LogP contribution in [0.1, 0.15) is 54.1 Å². The average Bonchev–Trinajstić information content (AvgIpc) is 2.97. The Bertz CT molecular complexity index is 704. The van der Waals surface area contributed by atoms with Gasteiger partial charge in [0.15, 0.2) is 0 Å². The minimum atomic E-state index is -0.199. The summed E-state index contributed by atoms with van der Waals surface area (Å²) >= 11 is 0. The molecule has 1 atom stereocenters. The summed E-state index contributed by atoms with van der Waals surface area (Å²) in [4.78, 5) is 21.3. The predicted octanol–water partition coefficient (Wildman–Crippen LogP) is 1.76. The lowest BCUT2D eigenvalue weighted by Gasteiger charge is -2.10. The summed E-state index contributed by atoms with van der Waals surface area (Å²) in [5, 5.41) is 16.4. The van der Waals surface area contributed by atoms with Crippen molar-refractivity contribution in [3.8, 4) is 5.95 Å². The molecule has 0 spiro atoms. The molecule has 0 aliphatic rings. The van der Waals surface area contributed by atoms with E-state index in [-0.39, 0.29) is 24.3 Å². The molecule has 2 N–H and O–H groups in total. The van der Waals surface area contributed by atoms with Crippen molar-refractivity contribution >= 4 is 5.91 Å². The normalized spacial score (nSPS) is 12.5. The maximum Gasteiger partial charge on any atom is 0.254 e. The average molecular weight is 331 g/mol. The van der Waals surface area contributed by atoms with Gasteiger partial charge < -0.3 is 10.4 Å². The van der Waals surface area contributed by atoms with Gasteiger partial charge in [-0.1, -0.05) is 20.8 Å². The molecule has 2 heterocycles. The lowest BCUT2D eigenvalue weighted by Crippen LogP contribution is -2.30. The lowest BCUT2D eigenvalue weighted by molar-refractivity contribution is 0.0941. The lowest BCUT2D eigenvalue weighted by atomic mass is 10.1. The van der Waals surface area contributed by atoms with E-state index in [9.17, 15) is 4.79 Å². The van der Waals surface area contributed by atoms with Crippen LogP contribution < -0.4 is 5.32 Å². The van der Waals surface area contributed by atoms with Crippen LogP contribution in [0.2, 0.25) is 0 Å². The van der Waals surface area contributed by atoms with Gasteiger partial charge in [-0.25, -0.2) is 14.6 Å². The second-order valence-corrected chi connectivity index (χ2v) is 6.48. The number of carbonyl (C=O) groups excluding carboxylic acids is 1. The third-order valence-corrected chi connectivity index (χ3v) is 3.63. The SMILES string of the molecule is Cc1cc(C)nc(-n2cc(C(=O)NCC(C)CO)c(C(C)C)n2)n1. The topological polar surface area (TPSA) is 92.9 Å². The van der Waals surface area contributed by atoms with Crippen LogP contribution in [-0.4, -0.2) is 43.9 Å². The van der Waals surface area contributed by atoms with Crippen LogP contribution >= 0.6 is 0 Å². The molecule has 0 radical (unpaired) electrons. The van der Waals surface area contributed by atoms with Crippen molar-refractivity contribution in [3.63, 3.8) is 0 Å². The van der Waals surface area contributed by atoms with Crippen molar-refractivity contribution in [2.24, 2.45) is 5.92 Å². The highest BCUT2D eigenvalue weighted by atomic mass is 16.3. The molecular weight excluding hydrogens is 306 g/mol. The largest absolute Gasteiger partial charge is 0.396 e. The van der Waals surface area contributed by atoms with Gasteiger partial charge in [0.1, 0.15) is 0 Å². The van der Waals surface area contributed by atoms with Crippen LogP contribution in [0.4, 0.5) is 0 Å². The van der Waals surface area contributed by atoms with Gasteiger partial charge in [-0.3, -0.25) is 4.79 Å². The number of hydrogen-bond acceptors (Lipinski definition) is 5. The summed E-state index contributed by atoms with van der Waals surface area (Å²) in [7, 11) is 0. The van der Waals surface area contributed by atoms with E-state index in [1.807, 2.05) is 40.7 Å². The molecule has 130 valence electrons. The number of nitrogens with zero attached hydrogens (tertiary/aromatic N) is 4. The van der Waals surface area contributed by atoms with Crippen molar-refractivity contribution in [1.29, 1.82) is 0 Å². The predicted molar refractivity (Wildman–Crippen MR) is 91.3 cm³/mol. The highest BCUT2D eigenvalue weighted by molar-refractivity contribution is 5.95. The summed E-state index contributed by atoms with van der Waals surface area (Å²) in [5.74, 6) is 0.356. The van der Waals surface area contributed by atoms with Crippen molar-refractivity contribution in [3.05, 3.63) is 34.9 Å². The van der Waals surface area contributed by atoms with Gasteiger partial charge >= 0.3 is 0 Å². The minimum absolute atomic E-state index is 0.00857. The maximum atomic E-state index is 12.5. The van der Waals surface area contributed by atoms with E-state index in [0.717, 1.165) is 11.4 Å². The van der Waals surface area contributed by atoms with E-state index >= 15 is 0 Å². The molecule has 0 aliphatic heterocycles. The fraction of sp³-hybridized carbons (Fsp3) is 0.529. The molecule has 0 saturated heterocycles. The third-order valence-electron chi connectivity index (χ3n) is 3.63. The van der Waals surface area contributed by atoms with E-state index in [0.29, 0.717) is 23.8 Å². The van der Waals surface area contributed by atoms with Crippen LogP contribution in [0.3, 0.4) is 0 Å². The first kappa shape index (κ1) is 18.1. The summed E-state index contributed by atoms with van der Waals surface area (Å²) in [6, 6.07) is 1.89. The van der Waals surface area contributed by atoms with Gasteiger partial charge in [0.25, 0.3) is 11.9 Å². The fourth-order valence-electron chi connectivity index (χ4n) is 2.33. The Morgan fingerprint density at radius 1 is 1.25 bits per heavy atom. The van der Waals surface area contributed by atoms with Gasteiger partial charge in [-0.2, -0.15) is 5.10 Å². The molecule has 2 rings (SSSR count). The Morgan fingerprint density at radius 3 is 2.42 bits per heavy atom. The van der Waals surface area contributed by atoms with E-state index in [4.69, 9.17) is 5.11 Å². The van der Waals surface area contributed by atoms with Crippen LogP contribution in [-0.2, 0) is 0 Å². The van der Waals surface area contributed by atoms with Crippen LogP contribution in [0.5, 0.6) is 0 Å². The van der Waals surface area contributed by atoms with Crippen LogP contribution in [0.25, 0.3) is 5.95 Å². The molecular formula is C17H25N5O2. The minimum Gasteiger partial charge on any atom is -0.396 e. The number of carbonyl (C=O) groups is 1. The first-order valence-electron chi connectivity index (χ1n) is 8.13. The monoisotopic (exact) mass is 331 g/mol. The maximum absolute atomic E-state index is 12.5. The Morgan fingerprint density at radius 2 is 1.88 bits per heavy atom. The molecule has 0 aliphatic carbocycles. The van der Waals surface area contributed by atoms with Crippen LogP contribution in [0.15, 0.2) is 12.3 Å². The second kappa shape index (κ2) is 7.53. The Hall–Kier alpha value is -2.28. The zero-order valence-corrected chi connectivity index (χ0v) is 14.9. The zero-order chi connectivity index (χ0) is 17.9. The molecule has 0 fully saturated rings. The molecule has 1 amide bonds. The molecule has 2 aromatic heterocycles. The second-order valence-electron chi connectivity index (χ2n) is 6.48. The number of aryl methyl sites for hydroxylation is 2. The number of nitrogens with one attached hydrogen (secondary N) is 1. The number of aliphatic hydroxyl groups excluding tert-OH is 1. The van der Waals surface area contributed by atoms with Crippen LogP contribution in [0, 0.1) is 19.8 Å². The summed E-state index contributed by atoms with van der Waals surface area (Å²) < 4.78 is 1.56.